The Morgan fingerprint density at radius 1 is 0.867 bits per heavy atom. The summed E-state index contributed by atoms with van der Waals surface area (Å²) >= 11 is 0. The Hall–Kier alpha value is -4.49. The number of benzene rings is 2. The van der Waals surface area contributed by atoms with Gasteiger partial charge in [0.15, 0.2) is 0 Å². The minimum Gasteiger partial charge on any atom is -0.508 e. The largest absolute Gasteiger partial charge is 0.508 e. The van der Waals surface area contributed by atoms with Gasteiger partial charge < -0.3 is 35.0 Å². The standard InChI is InChI=1S/C47H73N5O8/c1-12-32(6)38(51(9)46(57)41(30(2)3)49-45(56)42(31(4)5)50(8)28-26-34-20-22-36(53)23-21-34)24-25-40(54)52-27-16-19-39(52)43(59-10)33(7)44(55)48-37(47(58)60-11)29-35-17-14-13-15-18-35/h13-15,17-18,20-23,30-33,37-39,41-43,53H,12,16,19,24-29H2,1-11H3,(H,48,55)(H,49,56). The second kappa shape index (κ2) is 24.1. The van der Waals surface area contributed by atoms with Gasteiger partial charge in [0.25, 0.3) is 0 Å². The van der Waals surface area contributed by atoms with Gasteiger partial charge in [0.05, 0.1) is 31.2 Å². The molecule has 60 heavy (non-hydrogen) atoms. The van der Waals surface area contributed by atoms with E-state index in [1.807, 2.05) is 87.0 Å². The van der Waals surface area contributed by atoms with Crippen LogP contribution in [0.4, 0.5) is 0 Å². The van der Waals surface area contributed by atoms with Gasteiger partial charge in [-0.3, -0.25) is 24.1 Å². The molecule has 0 bridgehead atoms. The first-order valence-corrected chi connectivity index (χ1v) is 21.7. The van der Waals surface area contributed by atoms with Gasteiger partial charge in [-0.1, -0.05) is 97.4 Å². The molecule has 1 fully saturated rings. The van der Waals surface area contributed by atoms with Crippen LogP contribution in [0.15, 0.2) is 54.6 Å². The molecule has 0 saturated carbocycles. The summed E-state index contributed by atoms with van der Waals surface area (Å²) in [6.07, 6.45) is 3.20. The van der Waals surface area contributed by atoms with Crippen molar-refractivity contribution in [3.8, 4) is 5.75 Å². The van der Waals surface area contributed by atoms with Crippen molar-refractivity contribution in [2.75, 3.05) is 41.4 Å². The molecular weight excluding hydrogens is 763 g/mol. The second-order valence-corrected chi connectivity index (χ2v) is 17.3. The van der Waals surface area contributed by atoms with E-state index in [-0.39, 0.29) is 72.1 Å². The van der Waals surface area contributed by atoms with E-state index in [4.69, 9.17) is 9.47 Å². The van der Waals surface area contributed by atoms with Crippen LogP contribution in [0, 0.1) is 23.7 Å². The van der Waals surface area contributed by atoms with E-state index in [2.05, 4.69) is 24.5 Å². The number of nitrogens with zero attached hydrogens (tertiary/aromatic N) is 3. The first-order valence-electron chi connectivity index (χ1n) is 21.7. The lowest BCUT2D eigenvalue weighted by Crippen LogP contribution is -2.58. The topological polar surface area (TPSA) is 158 Å². The fraction of sp³-hybridized carbons (Fsp3) is 0.638. The summed E-state index contributed by atoms with van der Waals surface area (Å²) in [6.45, 7) is 14.9. The molecule has 13 nitrogen and oxygen atoms in total. The third-order valence-electron chi connectivity index (χ3n) is 12.4. The molecule has 0 spiro atoms. The SMILES string of the molecule is CCC(C)C(CCC(=O)N1CCCC1C(OC)C(C)C(=O)NC(Cc1ccccc1)C(=O)OC)N(C)C(=O)C(NC(=O)C(C(C)C)N(C)CCc1ccc(O)cc1)C(C)C. The molecule has 1 heterocycles. The molecule has 8 unspecified atom stereocenters. The molecule has 8 atom stereocenters. The highest BCUT2D eigenvalue weighted by atomic mass is 16.5. The first-order chi connectivity index (χ1) is 28.4. The van der Waals surface area contributed by atoms with Crippen LogP contribution in [0.1, 0.15) is 91.7 Å². The van der Waals surface area contributed by atoms with E-state index >= 15 is 0 Å². The predicted octanol–water partition coefficient (Wildman–Crippen LogP) is 5.23. The second-order valence-electron chi connectivity index (χ2n) is 17.3. The van der Waals surface area contributed by atoms with Gasteiger partial charge in [-0.2, -0.15) is 0 Å². The van der Waals surface area contributed by atoms with Crippen molar-refractivity contribution < 1.29 is 38.6 Å². The fourth-order valence-corrected chi connectivity index (χ4v) is 8.58. The van der Waals surface area contributed by atoms with E-state index in [0.29, 0.717) is 32.4 Å². The van der Waals surface area contributed by atoms with Crippen molar-refractivity contribution in [2.24, 2.45) is 23.7 Å². The number of esters is 1. The van der Waals surface area contributed by atoms with Crippen LogP contribution in [0.5, 0.6) is 5.75 Å². The number of nitrogens with one attached hydrogen (secondary N) is 2. The molecular formula is C47H73N5O8. The molecule has 1 saturated heterocycles. The summed E-state index contributed by atoms with van der Waals surface area (Å²) in [7, 11) is 6.53. The number of hydrogen-bond donors (Lipinski definition) is 3. The first kappa shape index (κ1) is 49.9. The number of hydrogen-bond acceptors (Lipinski definition) is 9. The average Bonchev–Trinajstić information content (AvgIpc) is 3.71. The van der Waals surface area contributed by atoms with Gasteiger partial charge in [-0.15, -0.1) is 0 Å². The van der Waals surface area contributed by atoms with Crippen LogP contribution in [0.3, 0.4) is 0 Å². The quantitative estimate of drug-likeness (QED) is 0.128. The molecule has 334 valence electrons. The summed E-state index contributed by atoms with van der Waals surface area (Å²) in [6, 6.07) is 13.7. The predicted molar refractivity (Wildman–Crippen MR) is 234 cm³/mol. The number of rotatable bonds is 23. The number of likely N-dealkylation sites (tertiary alicyclic amines) is 1. The number of carbonyl (C=O) groups excluding carboxylic acids is 5. The molecule has 3 N–H and O–H groups in total. The molecule has 1 aliphatic heterocycles. The number of carbonyl (C=O) groups is 5. The Morgan fingerprint density at radius 2 is 1.52 bits per heavy atom. The van der Waals surface area contributed by atoms with Crippen molar-refractivity contribution >= 4 is 29.6 Å². The van der Waals surface area contributed by atoms with Gasteiger partial charge in [-0.05, 0) is 73.7 Å². The maximum Gasteiger partial charge on any atom is 0.328 e. The molecule has 0 aromatic heterocycles. The van der Waals surface area contributed by atoms with Gasteiger partial charge in [0.1, 0.15) is 17.8 Å². The molecule has 4 amide bonds. The smallest absolute Gasteiger partial charge is 0.328 e. The number of aromatic hydroxyl groups is 1. The minimum atomic E-state index is -0.882. The Balaban J connectivity index is 1.69. The van der Waals surface area contributed by atoms with E-state index in [1.54, 1.807) is 38.1 Å². The Kier molecular flexibility index (Phi) is 20.0. The molecule has 3 rings (SSSR count). The number of likely N-dealkylation sites (N-methyl/N-ethyl adjacent to an activating group) is 2. The van der Waals surface area contributed by atoms with Crippen LogP contribution >= 0.6 is 0 Å². The van der Waals surface area contributed by atoms with Crippen LogP contribution < -0.4 is 10.6 Å². The Labute approximate surface area is 358 Å². The molecule has 0 radical (unpaired) electrons. The van der Waals surface area contributed by atoms with Crippen molar-refractivity contribution in [1.82, 2.24) is 25.3 Å². The highest BCUT2D eigenvalue weighted by molar-refractivity contribution is 5.90. The number of amides is 4. The monoisotopic (exact) mass is 836 g/mol. The summed E-state index contributed by atoms with van der Waals surface area (Å²) in [5.74, 6) is -1.97. The molecule has 13 heteroatoms. The zero-order valence-corrected chi connectivity index (χ0v) is 38.0. The highest BCUT2D eigenvalue weighted by Crippen LogP contribution is 2.29. The molecule has 0 aliphatic carbocycles. The Bertz CT molecular complexity index is 1670. The van der Waals surface area contributed by atoms with Crippen LogP contribution in [-0.4, -0.2) is 127 Å². The zero-order chi connectivity index (χ0) is 44.7. The highest BCUT2D eigenvalue weighted by Gasteiger charge is 2.41. The van der Waals surface area contributed by atoms with Crippen LogP contribution in [0.25, 0.3) is 0 Å². The summed E-state index contributed by atoms with van der Waals surface area (Å²) < 4.78 is 10.9. The van der Waals surface area contributed by atoms with Crippen molar-refractivity contribution in [3.63, 3.8) is 0 Å². The number of methoxy groups -OCH3 is 2. The minimum absolute atomic E-state index is 0.0183. The lowest BCUT2D eigenvalue weighted by atomic mass is 9.91. The van der Waals surface area contributed by atoms with E-state index in [1.165, 1.54) is 7.11 Å². The lowest BCUT2D eigenvalue weighted by molar-refractivity contribution is -0.147. The third-order valence-corrected chi connectivity index (χ3v) is 12.4. The number of phenols is 1. The number of ether oxygens (including phenoxy) is 2. The van der Waals surface area contributed by atoms with Gasteiger partial charge in [0, 0.05) is 46.1 Å². The van der Waals surface area contributed by atoms with E-state index in [9.17, 15) is 29.1 Å². The van der Waals surface area contributed by atoms with Crippen LogP contribution in [-0.2, 0) is 46.3 Å². The maximum absolute atomic E-state index is 14.3. The zero-order valence-electron chi connectivity index (χ0n) is 38.0. The molecule has 1 aliphatic rings. The van der Waals surface area contributed by atoms with Gasteiger partial charge in [0.2, 0.25) is 23.6 Å². The van der Waals surface area contributed by atoms with Crippen molar-refractivity contribution in [1.29, 1.82) is 0 Å². The van der Waals surface area contributed by atoms with Crippen LogP contribution in [0.2, 0.25) is 0 Å². The van der Waals surface area contributed by atoms with Crippen molar-refractivity contribution in [3.05, 3.63) is 65.7 Å². The normalized spacial score (nSPS) is 17.7. The van der Waals surface area contributed by atoms with Gasteiger partial charge in [-0.25, -0.2) is 4.79 Å². The number of phenolic OH excluding ortho intramolecular Hbond substituents is 1. The fourth-order valence-electron chi connectivity index (χ4n) is 8.58. The Morgan fingerprint density at radius 3 is 2.08 bits per heavy atom. The summed E-state index contributed by atoms with van der Waals surface area (Å²) in [5.41, 5.74) is 1.93. The van der Waals surface area contributed by atoms with E-state index in [0.717, 1.165) is 24.0 Å². The lowest BCUT2D eigenvalue weighted by Gasteiger charge is -2.38. The van der Waals surface area contributed by atoms with Gasteiger partial charge >= 0.3 is 5.97 Å². The third kappa shape index (κ3) is 13.8. The average molecular weight is 836 g/mol. The molecule has 2 aromatic rings. The summed E-state index contributed by atoms with van der Waals surface area (Å²) in [4.78, 5) is 74.3. The molecule has 2 aromatic carbocycles. The van der Waals surface area contributed by atoms with Crippen molar-refractivity contribution in [2.45, 2.75) is 130 Å². The summed E-state index contributed by atoms with van der Waals surface area (Å²) in [5, 5.41) is 15.6. The van der Waals surface area contributed by atoms with E-state index < -0.39 is 36.1 Å². The maximum atomic E-state index is 14.3.